The van der Waals surface area contributed by atoms with Crippen molar-refractivity contribution in [3.63, 3.8) is 0 Å². The Labute approximate surface area is 150 Å². The molecule has 0 spiro atoms. The zero-order valence-electron chi connectivity index (χ0n) is 13.9. The number of fused-ring (bicyclic) bond motifs is 1. The van der Waals surface area contributed by atoms with Gasteiger partial charge in [0.1, 0.15) is 17.3 Å². The number of alkyl halides is 3. The molecule has 0 bridgehead atoms. The number of carbonyl (C=O) groups is 1. The van der Waals surface area contributed by atoms with Gasteiger partial charge < -0.3 is 19.6 Å². The van der Waals surface area contributed by atoms with Crippen molar-refractivity contribution in [1.82, 2.24) is 4.98 Å². The Morgan fingerprint density at radius 2 is 1.93 bits per heavy atom. The molecule has 0 fully saturated rings. The molecule has 0 radical (unpaired) electrons. The summed E-state index contributed by atoms with van der Waals surface area (Å²) in [5.74, 6) is -1.98. The topological polar surface area (TPSA) is 71.5 Å². The van der Waals surface area contributed by atoms with Gasteiger partial charge in [-0.15, -0.1) is 13.2 Å². The minimum Gasteiger partial charge on any atom is -0.496 e. The van der Waals surface area contributed by atoms with Gasteiger partial charge in [-0.3, -0.25) is 4.79 Å². The van der Waals surface area contributed by atoms with Crippen molar-refractivity contribution in [2.45, 2.75) is 12.8 Å². The highest BCUT2D eigenvalue weighted by molar-refractivity contribution is 5.95. The molecular weight excluding hydrogens is 370 g/mol. The molecule has 27 heavy (non-hydrogen) atoms. The normalized spacial score (nSPS) is 11.6. The van der Waals surface area contributed by atoms with Crippen LogP contribution >= 0.6 is 0 Å². The minimum absolute atomic E-state index is 0.189. The summed E-state index contributed by atoms with van der Waals surface area (Å²) in [6.07, 6.45) is -5.38. The van der Waals surface area contributed by atoms with Gasteiger partial charge in [0, 0.05) is 16.5 Å². The molecule has 2 N–H and O–H groups in total. The van der Waals surface area contributed by atoms with E-state index in [0.29, 0.717) is 5.52 Å². The molecule has 0 aliphatic rings. The molecule has 3 rings (SSSR count). The number of carboxylic acid groups (broad SMARTS) is 1. The van der Waals surface area contributed by atoms with E-state index < -0.39 is 30.3 Å². The molecule has 9 heteroatoms. The molecule has 142 valence electrons. The number of carboxylic acids is 1. The van der Waals surface area contributed by atoms with Crippen molar-refractivity contribution in [2.24, 2.45) is 0 Å². The Hall–Kier alpha value is -3.23. The van der Waals surface area contributed by atoms with Gasteiger partial charge in [-0.05, 0) is 42.0 Å². The molecule has 0 atom stereocenters. The second-order valence-corrected chi connectivity index (χ2v) is 5.65. The second-order valence-electron chi connectivity index (χ2n) is 5.65. The number of aliphatic carboxylic acids is 1. The maximum Gasteiger partial charge on any atom is 0.573 e. The number of aromatic nitrogens is 1. The molecule has 1 heterocycles. The Bertz CT molecular complexity index is 1010. The summed E-state index contributed by atoms with van der Waals surface area (Å²) >= 11 is 0. The Morgan fingerprint density at radius 3 is 2.56 bits per heavy atom. The fourth-order valence-electron chi connectivity index (χ4n) is 2.86. The van der Waals surface area contributed by atoms with E-state index in [-0.39, 0.29) is 28.0 Å². The zero-order chi connectivity index (χ0) is 19.8. The number of nitrogens with one attached hydrogen (secondary N) is 1. The van der Waals surface area contributed by atoms with Crippen LogP contribution in [0.4, 0.5) is 17.6 Å². The van der Waals surface area contributed by atoms with E-state index in [1.54, 1.807) is 0 Å². The molecule has 0 saturated carbocycles. The number of hydrogen-bond acceptors (Lipinski definition) is 3. The van der Waals surface area contributed by atoms with E-state index >= 15 is 0 Å². The van der Waals surface area contributed by atoms with Crippen molar-refractivity contribution in [1.29, 1.82) is 0 Å². The third kappa shape index (κ3) is 3.97. The summed E-state index contributed by atoms with van der Waals surface area (Å²) in [4.78, 5) is 14.2. The van der Waals surface area contributed by atoms with Gasteiger partial charge in [0.05, 0.1) is 19.2 Å². The summed E-state index contributed by atoms with van der Waals surface area (Å²) in [7, 11) is 1.37. The zero-order valence-corrected chi connectivity index (χ0v) is 13.9. The molecule has 1 aromatic heterocycles. The van der Waals surface area contributed by atoms with Crippen LogP contribution in [-0.2, 0) is 11.2 Å². The highest BCUT2D eigenvalue weighted by Gasteiger charge is 2.31. The van der Waals surface area contributed by atoms with Gasteiger partial charge in [0.15, 0.2) is 0 Å². The fraction of sp³-hybridized carbons (Fsp3) is 0.167. The Balaban J connectivity index is 2.24. The van der Waals surface area contributed by atoms with E-state index in [9.17, 15) is 27.5 Å². The molecule has 2 aromatic carbocycles. The average Bonchev–Trinajstić information content (AvgIpc) is 2.90. The SMILES string of the molecule is COc1ccc(F)cc1-c1[nH]c2ccc(OC(F)(F)F)cc2c1CC(=O)O. The van der Waals surface area contributed by atoms with Crippen molar-refractivity contribution in [3.05, 3.63) is 47.8 Å². The first kappa shape index (κ1) is 18.6. The molecular formula is C18H13F4NO4. The summed E-state index contributed by atoms with van der Waals surface area (Å²) in [6.45, 7) is 0. The third-order valence-corrected chi connectivity index (χ3v) is 3.87. The largest absolute Gasteiger partial charge is 0.573 e. The molecule has 0 amide bonds. The van der Waals surface area contributed by atoms with Gasteiger partial charge >= 0.3 is 12.3 Å². The number of aromatic amines is 1. The second kappa shape index (κ2) is 6.82. The third-order valence-electron chi connectivity index (χ3n) is 3.87. The monoisotopic (exact) mass is 383 g/mol. The first-order valence-corrected chi connectivity index (χ1v) is 7.64. The van der Waals surface area contributed by atoms with Crippen molar-refractivity contribution in [3.8, 4) is 22.8 Å². The Kier molecular flexibility index (Phi) is 4.69. The van der Waals surface area contributed by atoms with Gasteiger partial charge in [-0.1, -0.05) is 0 Å². The van der Waals surface area contributed by atoms with Crippen LogP contribution < -0.4 is 9.47 Å². The standard InChI is InChI=1S/C18H13F4NO4/c1-26-15-5-2-9(19)6-13(15)17-12(8-16(24)25)11-7-10(27-18(20,21)22)3-4-14(11)23-17/h2-7,23H,8H2,1H3,(H,24,25). The van der Waals surface area contributed by atoms with Gasteiger partial charge in [-0.25, -0.2) is 4.39 Å². The summed E-state index contributed by atoms with van der Waals surface area (Å²) in [6, 6.07) is 7.23. The highest BCUT2D eigenvalue weighted by atomic mass is 19.4. The molecule has 0 aliphatic heterocycles. The lowest BCUT2D eigenvalue weighted by Crippen LogP contribution is -2.17. The van der Waals surface area contributed by atoms with Crippen LogP contribution in [-0.4, -0.2) is 29.5 Å². The van der Waals surface area contributed by atoms with E-state index in [2.05, 4.69) is 9.72 Å². The number of ether oxygens (including phenoxy) is 2. The first-order valence-electron chi connectivity index (χ1n) is 7.64. The molecule has 0 saturated heterocycles. The van der Waals surface area contributed by atoms with Crippen LogP contribution in [0.15, 0.2) is 36.4 Å². The summed E-state index contributed by atoms with van der Waals surface area (Å²) < 4.78 is 60.3. The molecule has 0 unspecified atom stereocenters. The van der Waals surface area contributed by atoms with Crippen molar-refractivity contribution >= 4 is 16.9 Å². The lowest BCUT2D eigenvalue weighted by molar-refractivity contribution is -0.274. The maximum absolute atomic E-state index is 13.7. The van der Waals surface area contributed by atoms with Gasteiger partial charge in [0.2, 0.25) is 0 Å². The lowest BCUT2D eigenvalue weighted by Gasteiger charge is -2.10. The number of benzene rings is 2. The van der Waals surface area contributed by atoms with Crippen LogP contribution in [0.5, 0.6) is 11.5 Å². The molecule has 5 nitrogen and oxygen atoms in total. The summed E-state index contributed by atoms with van der Waals surface area (Å²) in [5, 5.41) is 9.45. The highest BCUT2D eigenvalue weighted by Crippen LogP contribution is 2.38. The van der Waals surface area contributed by atoms with Gasteiger partial charge in [-0.2, -0.15) is 0 Å². The fourth-order valence-corrected chi connectivity index (χ4v) is 2.86. The summed E-state index contributed by atoms with van der Waals surface area (Å²) in [5.41, 5.74) is 1.06. The van der Waals surface area contributed by atoms with Crippen LogP contribution in [0.2, 0.25) is 0 Å². The smallest absolute Gasteiger partial charge is 0.496 e. The van der Waals surface area contributed by atoms with E-state index in [1.807, 2.05) is 0 Å². The van der Waals surface area contributed by atoms with Crippen molar-refractivity contribution < 1.29 is 36.9 Å². The minimum atomic E-state index is -4.88. The predicted octanol–water partition coefficient (Wildman–Crippen LogP) is 4.51. The van der Waals surface area contributed by atoms with Crippen molar-refractivity contribution in [2.75, 3.05) is 7.11 Å². The maximum atomic E-state index is 13.7. The first-order chi connectivity index (χ1) is 12.7. The van der Waals surface area contributed by atoms with Crippen LogP contribution in [0.25, 0.3) is 22.2 Å². The van der Waals surface area contributed by atoms with E-state index in [4.69, 9.17) is 4.74 Å². The van der Waals surface area contributed by atoms with Crippen LogP contribution in [0.3, 0.4) is 0 Å². The Morgan fingerprint density at radius 1 is 1.19 bits per heavy atom. The van der Waals surface area contributed by atoms with Crippen LogP contribution in [0.1, 0.15) is 5.56 Å². The quantitative estimate of drug-likeness (QED) is 0.636. The predicted molar refractivity (Wildman–Crippen MR) is 88.3 cm³/mol. The number of methoxy groups -OCH3 is 1. The average molecular weight is 383 g/mol. The number of rotatable bonds is 5. The number of H-pyrrole nitrogens is 1. The molecule has 0 aliphatic carbocycles. The van der Waals surface area contributed by atoms with E-state index in [0.717, 1.165) is 18.2 Å². The molecule has 3 aromatic rings. The lowest BCUT2D eigenvalue weighted by atomic mass is 10.0. The van der Waals surface area contributed by atoms with Gasteiger partial charge in [0.25, 0.3) is 0 Å². The van der Waals surface area contributed by atoms with E-state index in [1.165, 1.54) is 25.3 Å². The van der Waals surface area contributed by atoms with Crippen LogP contribution in [0, 0.1) is 5.82 Å². The number of halogens is 4. The number of hydrogen-bond donors (Lipinski definition) is 2.